The van der Waals surface area contributed by atoms with Crippen LogP contribution in [0.2, 0.25) is 0 Å². The van der Waals surface area contributed by atoms with Crippen molar-refractivity contribution in [2.75, 3.05) is 11.9 Å². The molecule has 3 nitrogen and oxygen atoms in total. The second-order valence-electron chi connectivity index (χ2n) is 3.46. The summed E-state index contributed by atoms with van der Waals surface area (Å²) in [7, 11) is 0. The molecule has 0 amide bonds. The molecule has 0 fully saturated rings. The lowest BCUT2D eigenvalue weighted by Gasteiger charge is -2.32. The lowest BCUT2D eigenvalue weighted by Crippen LogP contribution is -2.42. The molecule has 0 spiro atoms. The smallest absolute Gasteiger partial charge is 0.137 e. The molecule has 14 heavy (non-hydrogen) atoms. The van der Waals surface area contributed by atoms with E-state index in [1.807, 2.05) is 19.1 Å². The van der Waals surface area contributed by atoms with Crippen molar-refractivity contribution in [2.24, 2.45) is 0 Å². The summed E-state index contributed by atoms with van der Waals surface area (Å²) >= 11 is 0. The molecule has 0 saturated heterocycles. The van der Waals surface area contributed by atoms with E-state index in [-0.39, 0.29) is 12.4 Å². The van der Waals surface area contributed by atoms with E-state index in [0.29, 0.717) is 0 Å². The van der Waals surface area contributed by atoms with Crippen LogP contribution >= 0.6 is 0 Å². The highest BCUT2D eigenvalue weighted by Crippen LogP contribution is 2.28. The van der Waals surface area contributed by atoms with Crippen molar-refractivity contribution in [3.8, 4) is 0 Å². The minimum Gasteiger partial charge on any atom is -0.370 e. The maximum Gasteiger partial charge on any atom is 0.137 e. The van der Waals surface area contributed by atoms with E-state index in [0.717, 1.165) is 12.3 Å². The first-order chi connectivity index (χ1) is 6.81. The summed E-state index contributed by atoms with van der Waals surface area (Å²) in [5.74, 6) is 0. The van der Waals surface area contributed by atoms with Crippen molar-refractivity contribution in [3.05, 3.63) is 29.8 Å². The molecular formula is C11H16N2O. The van der Waals surface area contributed by atoms with Crippen molar-refractivity contribution in [1.82, 2.24) is 5.32 Å². The van der Waals surface area contributed by atoms with Gasteiger partial charge < -0.3 is 10.1 Å². The normalized spacial score (nSPS) is 25.3. The van der Waals surface area contributed by atoms with Crippen LogP contribution in [0, 0.1) is 0 Å². The van der Waals surface area contributed by atoms with Gasteiger partial charge in [-0.25, -0.2) is 0 Å². The summed E-state index contributed by atoms with van der Waals surface area (Å²) in [6, 6.07) is 8.23. The molecule has 1 aliphatic rings. The lowest BCUT2D eigenvalue weighted by atomic mass is 10.1. The van der Waals surface area contributed by atoms with Crippen molar-refractivity contribution in [1.29, 1.82) is 0 Å². The van der Waals surface area contributed by atoms with Crippen LogP contribution in [0.5, 0.6) is 0 Å². The van der Waals surface area contributed by atoms with Gasteiger partial charge in [0, 0.05) is 17.9 Å². The standard InChI is InChI=1S/C11H16N2O/c1-3-14-11-9-6-4-5-7-10(9)12-8(2)13-11/h4-8,11-13H,3H2,1-2H3. The molecule has 2 atom stereocenters. The average Bonchev–Trinajstić information content (AvgIpc) is 2.18. The predicted octanol–water partition coefficient (Wildman–Crippen LogP) is 2.08. The molecule has 0 bridgehead atoms. The highest BCUT2D eigenvalue weighted by Gasteiger charge is 2.22. The van der Waals surface area contributed by atoms with Crippen molar-refractivity contribution < 1.29 is 4.74 Å². The van der Waals surface area contributed by atoms with Gasteiger partial charge >= 0.3 is 0 Å². The van der Waals surface area contributed by atoms with Crippen LogP contribution in [0.4, 0.5) is 5.69 Å². The molecule has 3 heteroatoms. The molecule has 1 heterocycles. The van der Waals surface area contributed by atoms with Gasteiger partial charge in [0.05, 0.1) is 6.17 Å². The Labute approximate surface area is 84.5 Å². The fourth-order valence-electron chi connectivity index (χ4n) is 1.75. The van der Waals surface area contributed by atoms with E-state index in [1.165, 1.54) is 5.56 Å². The molecule has 2 unspecified atom stereocenters. The predicted molar refractivity (Wildman–Crippen MR) is 57.0 cm³/mol. The highest BCUT2D eigenvalue weighted by molar-refractivity contribution is 5.54. The van der Waals surface area contributed by atoms with Crippen molar-refractivity contribution in [2.45, 2.75) is 26.2 Å². The van der Waals surface area contributed by atoms with Crippen LogP contribution in [-0.2, 0) is 4.74 Å². The van der Waals surface area contributed by atoms with Gasteiger partial charge in [-0.05, 0) is 19.9 Å². The van der Waals surface area contributed by atoms with Gasteiger partial charge in [-0.15, -0.1) is 0 Å². The number of hydrogen-bond donors (Lipinski definition) is 2. The van der Waals surface area contributed by atoms with Gasteiger partial charge in [-0.2, -0.15) is 0 Å². The second kappa shape index (κ2) is 3.98. The van der Waals surface area contributed by atoms with Crippen LogP contribution in [0.1, 0.15) is 25.6 Å². The quantitative estimate of drug-likeness (QED) is 0.752. The molecule has 2 N–H and O–H groups in total. The molecule has 1 aromatic carbocycles. The van der Waals surface area contributed by atoms with Crippen molar-refractivity contribution in [3.63, 3.8) is 0 Å². The van der Waals surface area contributed by atoms with Gasteiger partial charge in [-0.1, -0.05) is 18.2 Å². The third-order valence-corrected chi connectivity index (χ3v) is 2.35. The Hall–Kier alpha value is -1.06. The maximum atomic E-state index is 5.63. The first-order valence-corrected chi connectivity index (χ1v) is 5.04. The average molecular weight is 192 g/mol. The van der Waals surface area contributed by atoms with Crippen molar-refractivity contribution >= 4 is 5.69 Å². The summed E-state index contributed by atoms with van der Waals surface area (Å²) in [6.07, 6.45) is 0.272. The second-order valence-corrected chi connectivity index (χ2v) is 3.46. The zero-order valence-electron chi connectivity index (χ0n) is 8.58. The summed E-state index contributed by atoms with van der Waals surface area (Å²) in [4.78, 5) is 0. The fourth-order valence-corrected chi connectivity index (χ4v) is 1.75. The summed E-state index contributed by atoms with van der Waals surface area (Å²) in [5.41, 5.74) is 2.35. The molecule has 0 saturated carbocycles. The first-order valence-electron chi connectivity index (χ1n) is 5.04. The molecule has 1 aliphatic heterocycles. The molecule has 1 aromatic rings. The van der Waals surface area contributed by atoms with E-state index in [2.05, 4.69) is 29.7 Å². The molecule has 2 rings (SSSR count). The number of nitrogens with one attached hydrogen (secondary N) is 2. The van der Waals surface area contributed by atoms with E-state index in [4.69, 9.17) is 4.74 Å². The zero-order valence-corrected chi connectivity index (χ0v) is 8.58. The third-order valence-electron chi connectivity index (χ3n) is 2.35. The fraction of sp³-hybridized carbons (Fsp3) is 0.455. The lowest BCUT2D eigenvalue weighted by molar-refractivity contribution is 0.0289. The Morgan fingerprint density at radius 2 is 2.14 bits per heavy atom. The van der Waals surface area contributed by atoms with Crippen LogP contribution in [0.3, 0.4) is 0 Å². The SMILES string of the molecule is CCOC1NC(C)Nc2ccccc21. The number of fused-ring (bicyclic) bond motifs is 1. The van der Waals surface area contributed by atoms with Gasteiger partial charge in [0.15, 0.2) is 0 Å². The Morgan fingerprint density at radius 1 is 1.36 bits per heavy atom. The first kappa shape index (κ1) is 9.49. The highest BCUT2D eigenvalue weighted by atomic mass is 16.5. The topological polar surface area (TPSA) is 33.3 Å². The third kappa shape index (κ3) is 1.74. The Morgan fingerprint density at radius 3 is 2.93 bits per heavy atom. The number of hydrogen-bond acceptors (Lipinski definition) is 3. The number of ether oxygens (including phenoxy) is 1. The molecule has 0 aliphatic carbocycles. The van der Waals surface area contributed by atoms with Crippen LogP contribution in [0.15, 0.2) is 24.3 Å². The van der Waals surface area contributed by atoms with Crippen LogP contribution in [0.25, 0.3) is 0 Å². The van der Waals surface area contributed by atoms with Gasteiger partial charge in [0.1, 0.15) is 6.23 Å². The minimum atomic E-state index is 0.0208. The molecule has 76 valence electrons. The summed E-state index contributed by atoms with van der Waals surface area (Å²) < 4.78 is 5.63. The van der Waals surface area contributed by atoms with Crippen LogP contribution in [-0.4, -0.2) is 12.8 Å². The van der Waals surface area contributed by atoms with Gasteiger partial charge in [0.25, 0.3) is 0 Å². The number of rotatable bonds is 2. The van der Waals surface area contributed by atoms with E-state index < -0.39 is 0 Å². The largest absolute Gasteiger partial charge is 0.370 e. The van der Waals surface area contributed by atoms with Gasteiger partial charge in [0.2, 0.25) is 0 Å². The van der Waals surface area contributed by atoms with E-state index in [1.54, 1.807) is 0 Å². The minimum absolute atomic E-state index is 0.0208. The number of benzene rings is 1. The van der Waals surface area contributed by atoms with Gasteiger partial charge in [-0.3, -0.25) is 5.32 Å². The van der Waals surface area contributed by atoms with E-state index >= 15 is 0 Å². The number of anilines is 1. The number of para-hydroxylation sites is 1. The maximum absolute atomic E-state index is 5.63. The van der Waals surface area contributed by atoms with Crippen LogP contribution < -0.4 is 10.6 Å². The summed E-state index contributed by atoms with van der Waals surface area (Å²) in [6.45, 7) is 4.82. The molecule has 0 radical (unpaired) electrons. The molecule has 0 aromatic heterocycles. The summed E-state index contributed by atoms with van der Waals surface area (Å²) in [5, 5.41) is 6.70. The monoisotopic (exact) mass is 192 g/mol. The molecular weight excluding hydrogens is 176 g/mol. The Bertz CT molecular complexity index is 314. The Balaban J connectivity index is 2.28. The van der Waals surface area contributed by atoms with E-state index in [9.17, 15) is 0 Å². The zero-order chi connectivity index (χ0) is 9.97. The Kier molecular flexibility index (Phi) is 2.70.